The molecule has 0 aliphatic rings. The summed E-state index contributed by atoms with van der Waals surface area (Å²) >= 11 is 0. The molecule has 0 aliphatic carbocycles. The van der Waals surface area contributed by atoms with Crippen LogP contribution >= 0.6 is 0 Å². The van der Waals surface area contributed by atoms with E-state index in [1.165, 1.54) is 4.90 Å². The van der Waals surface area contributed by atoms with Crippen molar-refractivity contribution in [2.75, 3.05) is 20.6 Å². The minimum atomic E-state index is -0.492. The van der Waals surface area contributed by atoms with E-state index in [9.17, 15) is 9.59 Å². The van der Waals surface area contributed by atoms with E-state index in [1.807, 2.05) is 6.92 Å². The van der Waals surface area contributed by atoms with Crippen LogP contribution in [0.2, 0.25) is 0 Å². The molecule has 0 fully saturated rings. The van der Waals surface area contributed by atoms with Crippen LogP contribution in [0.3, 0.4) is 0 Å². The van der Waals surface area contributed by atoms with Crippen LogP contribution in [-0.2, 0) is 9.59 Å². The van der Waals surface area contributed by atoms with Gasteiger partial charge in [0.15, 0.2) is 0 Å². The lowest BCUT2D eigenvalue weighted by Gasteiger charge is -2.20. The minimum absolute atomic E-state index is 0.111. The topological polar surface area (TPSA) is 75.4 Å². The van der Waals surface area contributed by atoms with Crippen molar-refractivity contribution in [3.63, 3.8) is 0 Å². The van der Waals surface area contributed by atoms with Crippen LogP contribution in [-0.4, -0.2) is 43.4 Å². The minimum Gasteiger partial charge on any atom is -0.347 e. The molecule has 5 heteroatoms. The highest BCUT2D eigenvalue weighted by atomic mass is 16.2. The molecule has 0 rings (SSSR count). The second-order valence-corrected chi connectivity index (χ2v) is 4.18. The van der Waals surface area contributed by atoms with Gasteiger partial charge >= 0.3 is 0 Å². The van der Waals surface area contributed by atoms with Gasteiger partial charge in [0.1, 0.15) is 6.04 Å². The fourth-order valence-electron chi connectivity index (χ4n) is 1.48. The average molecular weight is 229 g/mol. The number of likely N-dealkylation sites (N-methyl/N-ethyl adjacent to an activating group) is 1. The molecular formula is C11H23N3O2. The zero-order valence-electron chi connectivity index (χ0n) is 10.6. The maximum Gasteiger partial charge on any atom is 0.244 e. The number of carbonyl (C=O) groups excluding carboxylic acids is 2. The van der Waals surface area contributed by atoms with E-state index in [4.69, 9.17) is 5.73 Å². The van der Waals surface area contributed by atoms with Crippen LogP contribution in [0, 0.1) is 5.92 Å². The molecule has 0 aromatic heterocycles. The maximum absolute atomic E-state index is 11.7. The highest BCUT2D eigenvalue weighted by Gasteiger charge is 2.21. The summed E-state index contributed by atoms with van der Waals surface area (Å²) in [6, 6.07) is -0.492. The lowest BCUT2D eigenvalue weighted by Crippen LogP contribution is -2.47. The first-order chi connectivity index (χ1) is 7.43. The molecule has 0 saturated heterocycles. The van der Waals surface area contributed by atoms with Crippen LogP contribution in [0.4, 0.5) is 0 Å². The van der Waals surface area contributed by atoms with Gasteiger partial charge in [-0.2, -0.15) is 0 Å². The number of hydrogen-bond donors (Lipinski definition) is 2. The van der Waals surface area contributed by atoms with Crippen LogP contribution < -0.4 is 11.1 Å². The Morgan fingerprint density at radius 2 is 1.94 bits per heavy atom. The Bertz CT molecular complexity index is 241. The van der Waals surface area contributed by atoms with E-state index in [0.29, 0.717) is 6.54 Å². The Labute approximate surface area is 97.4 Å². The lowest BCUT2D eigenvalue weighted by atomic mass is 10.0. The third kappa shape index (κ3) is 4.61. The summed E-state index contributed by atoms with van der Waals surface area (Å²) in [7, 11) is 3.33. The second-order valence-electron chi connectivity index (χ2n) is 4.18. The highest BCUT2D eigenvalue weighted by molar-refractivity contribution is 5.88. The zero-order valence-corrected chi connectivity index (χ0v) is 10.6. The van der Waals surface area contributed by atoms with Crippen molar-refractivity contribution in [3.8, 4) is 0 Å². The van der Waals surface area contributed by atoms with Gasteiger partial charge in [-0.25, -0.2) is 0 Å². The van der Waals surface area contributed by atoms with Gasteiger partial charge in [0.05, 0.1) is 5.92 Å². The molecule has 2 amide bonds. The fourth-order valence-corrected chi connectivity index (χ4v) is 1.48. The summed E-state index contributed by atoms with van der Waals surface area (Å²) in [5.74, 6) is -0.435. The molecule has 2 unspecified atom stereocenters. The van der Waals surface area contributed by atoms with Crippen molar-refractivity contribution in [1.29, 1.82) is 0 Å². The van der Waals surface area contributed by atoms with Crippen molar-refractivity contribution >= 4 is 11.8 Å². The van der Waals surface area contributed by atoms with E-state index in [1.54, 1.807) is 21.0 Å². The Kier molecular flexibility index (Phi) is 6.72. The van der Waals surface area contributed by atoms with Gasteiger partial charge in [-0.05, 0) is 13.3 Å². The van der Waals surface area contributed by atoms with Gasteiger partial charge in [0.2, 0.25) is 11.8 Å². The van der Waals surface area contributed by atoms with Crippen molar-refractivity contribution in [2.24, 2.45) is 11.7 Å². The molecule has 0 heterocycles. The predicted octanol–water partition coefficient (Wildman–Crippen LogP) is -0.0457. The van der Waals surface area contributed by atoms with Gasteiger partial charge in [-0.1, -0.05) is 13.3 Å². The van der Waals surface area contributed by atoms with Crippen molar-refractivity contribution in [3.05, 3.63) is 0 Å². The summed E-state index contributed by atoms with van der Waals surface area (Å²) in [6.45, 7) is 4.01. The smallest absolute Gasteiger partial charge is 0.244 e. The number of hydrogen-bond acceptors (Lipinski definition) is 3. The lowest BCUT2D eigenvalue weighted by molar-refractivity contribution is -0.135. The van der Waals surface area contributed by atoms with Gasteiger partial charge < -0.3 is 16.0 Å². The van der Waals surface area contributed by atoms with Crippen LogP contribution in [0.25, 0.3) is 0 Å². The molecule has 0 aromatic carbocycles. The molecular weight excluding hydrogens is 206 g/mol. The van der Waals surface area contributed by atoms with E-state index in [2.05, 4.69) is 5.32 Å². The fraction of sp³-hybridized carbons (Fsp3) is 0.818. The number of nitrogens with two attached hydrogens (primary N) is 1. The molecule has 0 aromatic rings. The Morgan fingerprint density at radius 1 is 1.38 bits per heavy atom. The van der Waals surface area contributed by atoms with E-state index >= 15 is 0 Å². The Hall–Kier alpha value is -1.10. The number of nitrogens with one attached hydrogen (secondary N) is 1. The third-order valence-electron chi connectivity index (χ3n) is 2.46. The number of carbonyl (C=O) groups is 2. The Morgan fingerprint density at radius 3 is 2.31 bits per heavy atom. The molecule has 0 aliphatic heterocycles. The summed E-state index contributed by atoms with van der Waals surface area (Å²) < 4.78 is 0. The molecule has 0 saturated carbocycles. The summed E-state index contributed by atoms with van der Waals surface area (Å²) in [6.07, 6.45) is 1.66. The first kappa shape index (κ1) is 14.9. The molecule has 3 N–H and O–H groups in total. The second kappa shape index (κ2) is 7.22. The van der Waals surface area contributed by atoms with E-state index < -0.39 is 6.04 Å². The molecule has 2 atom stereocenters. The molecule has 0 bridgehead atoms. The van der Waals surface area contributed by atoms with Crippen molar-refractivity contribution in [1.82, 2.24) is 10.2 Å². The maximum atomic E-state index is 11.7. The van der Waals surface area contributed by atoms with Crippen LogP contribution in [0.1, 0.15) is 26.7 Å². The van der Waals surface area contributed by atoms with Gasteiger partial charge in [-0.3, -0.25) is 9.59 Å². The predicted molar refractivity (Wildman–Crippen MR) is 63.8 cm³/mol. The first-order valence-electron chi connectivity index (χ1n) is 5.65. The SMILES string of the molecule is CCCC(CN)C(=O)NC(C)C(=O)N(C)C. The quantitative estimate of drug-likeness (QED) is 0.671. The number of amides is 2. The number of nitrogens with zero attached hydrogens (tertiary/aromatic N) is 1. The molecule has 16 heavy (non-hydrogen) atoms. The highest BCUT2D eigenvalue weighted by Crippen LogP contribution is 2.05. The van der Waals surface area contributed by atoms with Gasteiger partial charge in [-0.15, -0.1) is 0 Å². The van der Waals surface area contributed by atoms with Gasteiger partial charge in [0.25, 0.3) is 0 Å². The normalized spacial score (nSPS) is 14.1. The first-order valence-corrected chi connectivity index (χ1v) is 5.65. The molecule has 0 radical (unpaired) electrons. The summed E-state index contributed by atoms with van der Waals surface area (Å²) in [4.78, 5) is 24.7. The molecule has 5 nitrogen and oxygen atoms in total. The van der Waals surface area contributed by atoms with Gasteiger partial charge in [0, 0.05) is 20.6 Å². The largest absolute Gasteiger partial charge is 0.347 e. The van der Waals surface area contributed by atoms with Crippen LogP contribution in [0.15, 0.2) is 0 Å². The Balaban J connectivity index is 4.26. The van der Waals surface area contributed by atoms with Crippen LogP contribution in [0.5, 0.6) is 0 Å². The van der Waals surface area contributed by atoms with E-state index in [-0.39, 0.29) is 17.7 Å². The molecule has 0 spiro atoms. The summed E-state index contributed by atoms with van der Waals surface area (Å²) in [5, 5.41) is 2.69. The number of rotatable bonds is 6. The van der Waals surface area contributed by atoms with E-state index in [0.717, 1.165) is 12.8 Å². The summed E-state index contributed by atoms with van der Waals surface area (Å²) in [5.41, 5.74) is 5.52. The van der Waals surface area contributed by atoms with Crippen molar-refractivity contribution in [2.45, 2.75) is 32.7 Å². The van der Waals surface area contributed by atoms with Crippen molar-refractivity contribution < 1.29 is 9.59 Å². The standard InChI is InChI=1S/C11H23N3O2/c1-5-6-9(7-12)10(15)13-8(2)11(16)14(3)4/h8-9H,5-7,12H2,1-4H3,(H,13,15). The third-order valence-corrected chi connectivity index (χ3v) is 2.46. The molecule has 94 valence electrons. The average Bonchev–Trinajstić information content (AvgIpc) is 2.24. The zero-order chi connectivity index (χ0) is 12.7. The monoisotopic (exact) mass is 229 g/mol.